The first-order valence-corrected chi connectivity index (χ1v) is 6.34. The van der Waals surface area contributed by atoms with Crippen molar-refractivity contribution < 1.29 is 19.4 Å². The Kier molecular flexibility index (Phi) is 8.03. The van der Waals surface area contributed by atoms with Gasteiger partial charge in [0.2, 0.25) is 11.6 Å². The van der Waals surface area contributed by atoms with E-state index < -0.39 is 17.6 Å². The quantitative estimate of drug-likeness (QED) is 0.357. The van der Waals surface area contributed by atoms with Crippen LogP contribution in [0.3, 0.4) is 0 Å². The first kappa shape index (κ1) is 16.6. The third-order valence-electron chi connectivity index (χ3n) is 2.58. The van der Waals surface area contributed by atoms with E-state index in [1.54, 1.807) is 0 Å². The molecule has 0 aromatic carbocycles. The molecule has 104 valence electrons. The fourth-order valence-electron chi connectivity index (χ4n) is 1.46. The second kappa shape index (κ2) is 8.69. The molecule has 0 spiro atoms. The van der Waals surface area contributed by atoms with E-state index in [0.717, 1.165) is 25.3 Å². The number of carboxylic acids is 1. The fraction of sp³-hybridized carbons (Fsp3) is 0.692. The van der Waals surface area contributed by atoms with Gasteiger partial charge in [0.25, 0.3) is 0 Å². The average molecular weight is 257 g/mol. The summed E-state index contributed by atoms with van der Waals surface area (Å²) in [4.78, 5) is 22.8. The first-order valence-electron chi connectivity index (χ1n) is 6.34. The lowest BCUT2D eigenvalue weighted by Gasteiger charge is -2.30. The SMILES string of the molecule is C=CC(=O)NC(CCCC)(OCCCC)C(=O)O. The Hall–Kier alpha value is -1.36. The molecule has 1 atom stereocenters. The molecule has 0 aliphatic rings. The van der Waals surface area contributed by atoms with Crippen LogP contribution in [-0.4, -0.2) is 29.3 Å². The molecule has 0 fully saturated rings. The Bertz CT molecular complexity index is 291. The van der Waals surface area contributed by atoms with E-state index in [1.165, 1.54) is 0 Å². The summed E-state index contributed by atoms with van der Waals surface area (Å²) < 4.78 is 5.43. The van der Waals surface area contributed by atoms with Crippen molar-refractivity contribution in [1.29, 1.82) is 0 Å². The smallest absolute Gasteiger partial charge is 0.357 e. The van der Waals surface area contributed by atoms with Gasteiger partial charge in [0.05, 0.1) is 6.61 Å². The number of hydrogen-bond donors (Lipinski definition) is 2. The summed E-state index contributed by atoms with van der Waals surface area (Å²) in [6, 6.07) is 0. The van der Waals surface area contributed by atoms with E-state index in [0.29, 0.717) is 13.0 Å². The number of hydrogen-bond acceptors (Lipinski definition) is 3. The second-order valence-electron chi connectivity index (χ2n) is 4.13. The number of nitrogens with one attached hydrogen (secondary N) is 1. The maximum atomic E-state index is 11.4. The minimum absolute atomic E-state index is 0.252. The average Bonchev–Trinajstić information content (AvgIpc) is 2.35. The van der Waals surface area contributed by atoms with E-state index in [-0.39, 0.29) is 6.42 Å². The highest BCUT2D eigenvalue weighted by atomic mass is 16.5. The van der Waals surface area contributed by atoms with Gasteiger partial charge in [-0.15, -0.1) is 0 Å². The summed E-state index contributed by atoms with van der Waals surface area (Å²) >= 11 is 0. The number of carbonyl (C=O) groups is 2. The van der Waals surface area contributed by atoms with E-state index in [9.17, 15) is 14.7 Å². The van der Waals surface area contributed by atoms with Crippen LogP contribution in [0, 0.1) is 0 Å². The number of ether oxygens (including phenoxy) is 1. The van der Waals surface area contributed by atoms with Crippen molar-refractivity contribution in [2.45, 2.75) is 51.7 Å². The minimum Gasteiger partial charge on any atom is -0.478 e. The molecule has 0 bridgehead atoms. The maximum Gasteiger partial charge on any atom is 0.357 e. The molecule has 1 unspecified atom stereocenters. The van der Waals surface area contributed by atoms with Gasteiger partial charge in [0, 0.05) is 6.42 Å². The molecule has 0 aromatic heterocycles. The molecule has 0 saturated heterocycles. The number of carboxylic acid groups (broad SMARTS) is 1. The number of amides is 1. The van der Waals surface area contributed by atoms with Crippen molar-refractivity contribution in [1.82, 2.24) is 5.32 Å². The number of unbranched alkanes of at least 4 members (excludes halogenated alkanes) is 2. The third kappa shape index (κ3) is 5.31. The number of aliphatic carboxylic acids is 1. The monoisotopic (exact) mass is 257 g/mol. The first-order chi connectivity index (χ1) is 8.52. The van der Waals surface area contributed by atoms with Crippen LogP contribution in [0.5, 0.6) is 0 Å². The molecule has 0 heterocycles. The normalized spacial score (nSPS) is 13.7. The van der Waals surface area contributed by atoms with E-state index in [2.05, 4.69) is 11.9 Å². The van der Waals surface area contributed by atoms with Crippen molar-refractivity contribution >= 4 is 11.9 Å². The van der Waals surface area contributed by atoms with Crippen LogP contribution in [0.2, 0.25) is 0 Å². The Morgan fingerprint density at radius 3 is 2.39 bits per heavy atom. The molecule has 0 aliphatic carbocycles. The third-order valence-corrected chi connectivity index (χ3v) is 2.58. The highest BCUT2D eigenvalue weighted by molar-refractivity contribution is 5.91. The summed E-state index contributed by atoms with van der Waals surface area (Å²) in [6.07, 6.45) is 4.45. The molecule has 5 nitrogen and oxygen atoms in total. The van der Waals surface area contributed by atoms with Crippen LogP contribution in [0.1, 0.15) is 46.0 Å². The van der Waals surface area contributed by atoms with E-state index in [1.807, 2.05) is 13.8 Å². The van der Waals surface area contributed by atoms with Crippen LogP contribution in [0.4, 0.5) is 0 Å². The Morgan fingerprint density at radius 2 is 1.94 bits per heavy atom. The second-order valence-corrected chi connectivity index (χ2v) is 4.13. The van der Waals surface area contributed by atoms with Gasteiger partial charge in [-0.2, -0.15) is 0 Å². The Labute approximate surface area is 108 Å². The molecule has 0 aliphatic heterocycles. The highest BCUT2D eigenvalue weighted by Gasteiger charge is 2.40. The van der Waals surface area contributed by atoms with Gasteiger partial charge >= 0.3 is 5.97 Å². The van der Waals surface area contributed by atoms with Crippen molar-refractivity contribution in [3.05, 3.63) is 12.7 Å². The molecule has 0 radical (unpaired) electrons. The summed E-state index contributed by atoms with van der Waals surface area (Å²) in [6.45, 7) is 7.57. The lowest BCUT2D eigenvalue weighted by molar-refractivity contribution is -0.175. The molecular weight excluding hydrogens is 234 g/mol. The lowest BCUT2D eigenvalue weighted by atomic mass is 10.1. The van der Waals surface area contributed by atoms with Crippen molar-refractivity contribution in [2.24, 2.45) is 0 Å². The van der Waals surface area contributed by atoms with Crippen LogP contribution in [0.15, 0.2) is 12.7 Å². The predicted octanol–water partition coefficient (Wildman–Crippen LogP) is 2.08. The summed E-state index contributed by atoms with van der Waals surface area (Å²) in [5, 5.41) is 11.7. The standard InChI is InChI=1S/C13H23NO4/c1-4-7-9-13(12(16)17,14-11(15)6-3)18-10-8-5-2/h6H,3-5,7-10H2,1-2H3,(H,14,15)(H,16,17). The van der Waals surface area contributed by atoms with Crippen molar-refractivity contribution in [3.63, 3.8) is 0 Å². The molecule has 0 saturated carbocycles. The molecule has 0 rings (SSSR count). The largest absolute Gasteiger partial charge is 0.478 e. The number of carbonyl (C=O) groups excluding carboxylic acids is 1. The fourth-order valence-corrected chi connectivity index (χ4v) is 1.46. The molecule has 5 heteroatoms. The van der Waals surface area contributed by atoms with Gasteiger partial charge in [-0.1, -0.05) is 33.3 Å². The summed E-state index contributed by atoms with van der Waals surface area (Å²) in [5.41, 5.74) is -1.63. The van der Waals surface area contributed by atoms with Gasteiger partial charge in [-0.3, -0.25) is 4.79 Å². The van der Waals surface area contributed by atoms with Gasteiger partial charge in [-0.25, -0.2) is 4.79 Å². The van der Waals surface area contributed by atoms with Gasteiger partial charge in [0.1, 0.15) is 0 Å². The van der Waals surface area contributed by atoms with Crippen LogP contribution >= 0.6 is 0 Å². The molecule has 2 N–H and O–H groups in total. The highest BCUT2D eigenvalue weighted by Crippen LogP contribution is 2.18. The zero-order valence-corrected chi connectivity index (χ0v) is 11.2. The van der Waals surface area contributed by atoms with Gasteiger partial charge in [0.15, 0.2) is 0 Å². The maximum absolute atomic E-state index is 11.4. The Balaban J connectivity index is 4.83. The zero-order chi connectivity index (χ0) is 14.0. The minimum atomic E-state index is -1.63. The van der Waals surface area contributed by atoms with Crippen molar-refractivity contribution in [3.8, 4) is 0 Å². The summed E-state index contributed by atoms with van der Waals surface area (Å²) in [5.74, 6) is -1.70. The molecule has 18 heavy (non-hydrogen) atoms. The van der Waals surface area contributed by atoms with Crippen LogP contribution in [0.25, 0.3) is 0 Å². The van der Waals surface area contributed by atoms with Crippen LogP contribution < -0.4 is 5.32 Å². The zero-order valence-electron chi connectivity index (χ0n) is 11.2. The molecule has 1 amide bonds. The van der Waals surface area contributed by atoms with E-state index in [4.69, 9.17) is 4.74 Å². The topological polar surface area (TPSA) is 75.6 Å². The number of rotatable bonds is 10. The Morgan fingerprint density at radius 1 is 1.33 bits per heavy atom. The van der Waals surface area contributed by atoms with Gasteiger partial charge < -0.3 is 15.2 Å². The summed E-state index contributed by atoms with van der Waals surface area (Å²) in [7, 11) is 0. The molecular formula is C13H23NO4. The van der Waals surface area contributed by atoms with Crippen LogP contribution in [-0.2, 0) is 14.3 Å². The predicted molar refractivity (Wildman–Crippen MR) is 69.1 cm³/mol. The van der Waals surface area contributed by atoms with Crippen molar-refractivity contribution in [2.75, 3.05) is 6.61 Å². The lowest BCUT2D eigenvalue weighted by Crippen LogP contribution is -2.56. The molecule has 0 aromatic rings. The van der Waals surface area contributed by atoms with E-state index >= 15 is 0 Å². The van der Waals surface area contributed by atoms with Gasteiger partial charge in [-0.05, 0) is 18.9 Å².